The number of hydrogen-bond donors (Lipinski definition) is 2. The van der Waals surface area contributed by atoms with E-state index in [1.54, 1.807) is 53.4 Å². The fourth-order valence-electron chi connectivity index (χ4n) is 2.84. The third-order valence-electron chi connectivity index (χ3n) is 4.81. The number of nitrogens with zero attached hydrogens (tertiary/aromatic N) is 3. The molecule has 10 heteroatoms. The minimum absolute atomic E-state index is 0.235. The van der Waals surface area contributed by atoms with Crippen LogP contribution in [0.5, 0.6) is 0 Å². The van der Waals surface area contributed by atoms with Crippen LogP contribution < -0.4 is 10.0 Å². The zero-order valence-electron chi connectivity index (χ0n) is 18.1. The lowest BCUT2D eigenvalue weighted by Gasteiger charge is -2.15. The topological polar surface area (TPSA) is 86.7 Å². The highest BCUT2D eigenvalue weighted by Gasteiger charge is 2.24. The molecule has 1 aliphatic carbocycles. The van der Waals surface area contributed by atoms with Gasteiger partial charge >= 0.3 is 0 Å². The smallest absolute Gasteiger partial charge is 0.264 e. The fourth-order valence-corrected chi connectivity index (χ4v) is 5.51. The van der Waals surface area contributed by atoms with E-state index in [0.29, 0.717) is 18.5 Å². The maximum atomic E-state index is 12.6. The van der Waals surface area contributed by atoms with Gasteiger partial charge in [0.05, 0.1) is 23.7 Å². The summed E-state index contributed by atoms with van der Waals surface area (Å²) in [5.74, 6) is 1.97. The number of sulfonamides is 1. The van der Waals surface area contributed by atoms with E-state index in [4.69, 9.17) is 4.98 Å². The number of hydrogen-bond acceptors (Lipinski definition) is 7. The van der Waals surface area contributed by atoms with Crippen molar-refractivity contribution in [2.45, 2.75) is 49.9 Å². The van der Waals surface area contributed by atoms with E-state index < -0.39 is 10.0 Å². The first-order valence-corrected chi connectivity index (χ1v) is 14.1. The summed E-state index contributed by atoms with van der Waals surface area (Å²) in [7, 11) is -3.64. The Bertz CT molecular complexity index is 939. The number of rotatable bonds is 12. The molecule has 0 radical (unpaired) electrons. The van der Waals surface area contributed by atoms with E-state index >= 15 is 0 Å². The summed E-state index contributed by atoms with van der Waals surface area (Å²) < 4.78 is 27.8. The second-order valence-electron chi connectivity index (χ2n) is 7.31. The highest BCUT2D eigenvalue weighted by molar-refractivity contribution is 7.98. The van der Waals surface area contributed by atoms with Crippen LogP contribution in [-0.4, -0.2) is 55.7 Å². The Hall–Kier alpha value is -1.62. The molecule has 31 heavy (non-hydrogen) atoms. The van der Waals surface area contributed by atoms with E-state index in [9.17, 15) is 8.42 Å². The molecule has 7 nitrogen and oxygen atoms in total. The number of thioether (sulfide) groups is 1. The van der Waals surface area contributed by atoms with Gasteiger partial charge in [0.15, 0.2) is 0 Å². The summed E-state index contributed by atoms with van der Waals surface area (Å²) in [6.45, 7) is 7.84. The number of aliphatic imine (C=N–C) groups is 1. The highest BCUT2D eigenvalue weighted by atomic mass is 32.2. The highest BCUT2D eigenvalue weighted by Crippen LogP contribution is 2.19. The summed E-state index contributed by atoms with van der Waals surface area (Å²) >= 11 is 3.47. The van der Waals surface area contributed by atoms with Crippen LogP contribution in [0.15, 0.2) is 45.6 Å². The number of aromatic nitrogens is 1. The Morgan fingerprint density at radius 1 is 1.26 bits per heavy atom. The molecule has 0 saturated heterocycles. The number of guanidine groups is 1. The van der Waals surface area contributed by atoms with Crippen LogP contribution >= 0.6 is 23.1 Å². The van der Waals surface area contributed by atoms with E-state index in [-0.39, 0.29) is 4.90 Å². The van der Waals surface area contributed by atoms with Gasteiger partial charge in [-0.2, -0.15) is 11.8 Å². The van der Waals surface area contributed by atoms with Crippen molar-refractivity contribution in [3.63, 3.8) is 0 Å². The molecule has 0 unspecified atom stereocenters. The van der Waals surface area contributed by atoms with Crippen molar-refractivity contribution in [2.75, 3.05) is 25.4 Å². The summed E-state index contributed by atoms with van der Waals surface area (Å²) in [4.78, 5) is 11.8. The zero-order valence-corrected chi connectivity index (χ0v) is 20.5. The molecule has 0 aliphatic heterocycles. The van der Waals surface area contributed by atoms with Crippen LogP contribution in [0.3, 0.4) is 0 Å². The van der Waals surface area contributed by atoms with Crippen molar-refractivity contribution in [1.29, 1.82) is 0 Å². The van der Waals surface area contributed by atoms with Crippen LogP contribution in [0.25, 0.3) is 0 Å². The number of nitrogens with one attached hydrogen (secondary N) is 2. The average Bonchev–Trinajstić information content (AvgIpc) is 3.48. The maximum Gasteiger partial charge on any atom is 0.264 e. The van der Waals surface area contributed by atoms with E-state index in [1.807, 2.05) is 0 Å². The third kappa shape index (κ3) is 8.10. The molecule has 1 aliphatic rings. The third-order valence-corrected chi connectivity index (χ3v) is 8.02. The molecule has 0 amide bonds. The van der Waals surface area contributed by atoms with Crippen molar-refractivity contribution in [3.05, 3.63) is 46.4 Å². The minimum Gasteiger partial charge on any atom is -0.353 e. The second-order valence-corrected chi connectivity index (χ2v) is 11.0. The molecule has 2 aromatic rings. The van der Waals surface area contributed by atoms with Crippen molar-refractivity contribution in [3.8, 4) is 0 Å². The van der Waals surface area contributed by atoms with Gasteiger partial charge in [0, 0.05) is 22.9 Å². The van der Waals surface area contributed by atoms with Gasteiger partial charge in [-0.15, -0.1) is 11.3 Å². The lowest BCUT2D eigenvalue weighted by molar-refractivity contribution is 0.295. The molecule has 3 rings (SSSR count). The van der Waals surface area contributed by atoms with Gasteiger partial charge in [-0.1, -0.05) is 32.0 Å². The first-order valence-electron chi connectivity index (χ1n) is 10.6. The molecule has 170 valence electrons. The second kappa shape index (κ2) is 11.8. The molecule has 0 atom stereocenters. The Kier molecular flexibility index (Phi) is 9.18. The zero-order chi connectivity index (χ0) is 22.1. The SMILES string of the molecule is CCN(CC)Cc1nc(CSCCN=C(NC2CC2)NS(=O)(=O)c2ccccc2)cs1. The maximum absolute atomic E-state index is 12.6. The average molecular weight is 482 g/mol. The van der Waals surface area contributed by atoms with Gasteiger partial charge in [0.1, 0.15) is 5.01 Å². The minimum atomic E-state index is -3.64. The van der Waals surface area contributed by atoms with Crippen LogP contribution in [0.2, 0.25) is 0 Å². The number of benzene rings is 1. The Balaban J connectivity index is 1.47. The summed E-state index contributed by atoms with van der Waals surface area (Å²) in [6, 6.07) is 8.68. The molecule has 1 fully saturated rings. The van der Waals surface area contributed by atoms with E-state index in [0.717, 1.165) is 54.7 Å². The van der Waals surface area contributed by atoms with Crippen molar-refractivity contribution in [1.82, 2.24) is 19.9 Å². The molecule has 1 heterocycles. The van der Waals surface area contributed by atoms with Gasteiger partial charge in [0.2, 0.25) is 5.96 Å². The van der Waals surface area contributed by atoms with Crippen molar-refractivity contribution in [2.24, 2.45) is 4.99 Å². The van der Waals surface area contributed by atoms with Gasteiger partial charge in [-0.05, 0) is 38.1 Å². The van der Waals surface area contributed by atoms with Gasteiger partial charge in [-0.25, -0.2) is 18.1 Å². The van der Waals surface area contributed by atoms with Crippen molar-refractivity contribution >= 4 is 39.1 Å². The molecule has 1 aromatic carbocycles. The molecule has 1 saturated carbocycles. The summed E-state index contributed by atoms with van der Waals surface area (Å²) in [6.07, 6.45) is 2.08. The largest absolute Gasteiger partial charge is 0.353 e. The fraction of sp³-hybridized carbons (Fsp3) is 0.524. The monoisotopic (exact) mass is 481 g/mol. The predicted molar refractivity (Wildman–Crippen MR) is 130 cm³/mol. The molecule has 0 bridgehead atoms. The molecule has 1 aromatic heterocycles. The van der Waals surface area contributed by atoms with Crippen LogP contribution in [0.4, 0.5) is 0 Å². The summed E-state index contributed by atoms with van der Waals surface area (Å²) in [5.41, 5.74) is 1.10. The quantitative estimate of drug-likeness (QED) is 0.275. The number of thiazole rings is 1. The van der Waals surface area contributed by atoms with Crippen molar-refractivity contribution < 1.29 is 8.42 Å². The summed E-state index contributed by atoms with van der Waals surface area (Å²) in [5, 5.41) is 6.48. The molecular weight excluding hydrogens is 450 g/mol. The Morgan fingerprint density at radius 2 is 2.00 bits per heavy atom. The first-order chi connectivity index (χ1) is 15.0. The Morgan fingerprint density at radius 3 is 2.68 bits per heavy atom. The van der Waals surface area contributed by atoms with Gasteiger partial charge < -0.3 is 5.32 Å². The Labute approximate surface area is 193 Å². The molecular formula is C21H31N5O2S3. The standard InChI is InChI=1S/C21H31N5O2S3/c1-3-26(4-2)14-20-23-18(16-30-20)15-29-13-12-22-21(24-17-10-11-17)25-31(27,28)19-8-6-5-7-9-19/h5-9,16-17H,3-4,10-15H2,1-2H3,(H2,22,24,25). The van der Waals surface area contributed by atoms with E-state index in [1.165, 1.54) is 0 Å². The van der Waals surface area contributed by atoms with E-state index in [2.05, 4.69) is 39.2 Å². The molecule has 2 N–H and O–H groups in total. The molecule has 0 spiro atoms. The van der Waals surface area contributed by atoms with Crippen LogP contribution in [0, 0.1) is 0 Å². The van der Waals surface area contributed by atoms with Gasteiger partial charge in [0.25, 0.3) is 10.0 Å². The normalized spacial score (nSPS) is 14.7. The van der Waals surface area contributed by atoms with Crippen LogP contribution in [-0.2, 0) is 22.3 Å². The van der Waals surface area contributed by atoms with Gasteiger partial charge in [-0.3, -0.25) is 9.89 Å². The lowest BCUT2D eigenvalue weighted by Crippen LogP contribution is -2.42. The lowest BCUT2D eigenvalue weighted by atomic mass is 10.4. The van der Waals surface area contributed by atoms with Crippen LogP contribution in [0.1, 0.15) is 37.4 Å². The first kappa shape index (κ1) is 24.0. The predicted octanol–water partition coefficient (Wildman–Crippen LogP) is 3.30.